The molecule has 1 saturated heterocycles. The molecule has 3 fully saturated rings. The zero-order valence-corrected chi connectivity index (χ0v) is 38.4. The molecule has 0 radical (unpaired) electrons. The Labute approximate surface area is 381 Å². The van der Waals surface area contributed by atoms with Crippen LogP contribution < -0.4 is 9.47 Å². The maximum Gasteiger partial charge on any atom is 0.239 e. The highest BCUT2D eigenvalue weighted by Gasteiger charge is 2.65. The average Bonchev–Trinajstić information content (AvgIpc) is 3.84. The molecule has 7 rings (SSSR count). The summed E-state index contributed by atoms with van der Waals surface area (Å²) >= 11 is 0. The SMILES string of the molecule is C=CCO[C@@]12Oc3ccc(Oc4ccc(C)c(C)c4)cc3[C@H]3[C@H](CCCCO)[C@@H](CCCCO)C=C(C(=NOC4CCCCO4)C[C@@H]1N(CCOCCO)C(=O)CCC1CCCC1)[C@H]32. The van der Waals surface area contributed by atoms with Crippen molar-refractivity contribution in [2.75, 3.05) is 52.8 Å². The van der Waals surface area contributed by atoms with Gasteiger partial charge in [-0.25, -0.2) is 0 Å². The summed E-state index contributed by atoms with van der Waals surface area (Å²) < 4.78 is 33.2. The van der Waals surface area contributed by atoms with Gasteiger partial charge in [0, 0.05) is 50.5 Å². The molecule has 0 aromatic heterocycles. The molecule has 3 N–H and O–H groups in total. The summed E-state index contributed by atoms with van der Waals surface area (Å²) in [6, 6.07) is 11.5. The molecule has 1 unspecified atom stereocenters. The number of rotatable bonds is 24. The number of oxime groups is 1. The van der Waals surface area contributed by atoms with Crippen molar-refractivity contribution in [2.45, 2.75) is 141 Å². The topological polar surface area (TPSA) is 149 Å². The molecular formula is C52H74N2O10. The number of allylic oxidation sites excluding steroid dienone is 1. The lowest BCUT2D eigenvalue weighted by Crippen LogP contribution is -2.70. The van der Waals surface area contributed by atoms with Gasteiger partial charge in [-0.05, 0) is 124 Å². The minimum absolute atomic E-state index is 0.00894. The smallest absolute Gasteiger partial charge is 0.239 e. The summed E-state index contributed by atoms with van der Waals surface area (Å²) in [4.78, 5) is 23.2. The van der Waals surface area contributed by atoms with Crippen LogP contribution in [0.2, 0.25) is 0 Å². The Morgan fingerprint density at radius 3 is 2.41 bits per heavy atom. The third kappa shape index (κ3) is 11.4. The molecule has 2 aromatic carbocycles. The van der Waals surface area contributed by atoms with Crippen molar-refractivity contribution in [1.29, 1.82) is 0 Å². The van der Waals surface area contributed by atoms with Gasteiger partial charge in [-0.15, -0.1) is 6.58 Å². The van der Waals surface area contributed by atoms with Crippen LogP contribution >= 0.6 is 0 Å². The van der Waals surface area contributed by atoms with E-state index in [1.54, 1.807) is 6.08 Å². The monoisotopic (exact) mass is 887 g/mol. The first-order valence-electron chi connectivity index (χ1n) is 24.4. The fourth-order valence-corrected chi connectivity index (χ4v) is 11.1. The molecule has 1 amide bonds. The first kappa shape index (κ1) is 48.2. The van der Waals surface area contributed by atoms with Crippen molar-refractivity contribution in [3.63, 3.8) is 0 Å². The fourth-order valence-electron chi connectivity index (χ4n) is 11.1. The van der Waals surface area contributed by atoms with Crippen molar-refractivity contribution < 1.29 is 48.6 Å². The van der Waals surface area contributed by atoms with Crippen molar-refractivity contribution in [2.24, 2.45) is 28.8 Å². The second-order valence-electron chi connectivity index (χ2n) is 18.6. The normalized spacial score (nSPS) is 27.0. The van der Waals surface area contributed by atoms with E-state index in [0.717, 1.165) is 92.4 Å². The number of amides is 1. The number of aliphatic hydroxyl groups excluding tert-OH is 3. The van der Waals surface area contributed by atoms with Gasteiger partial charge in [0.15, 0.2) is 0 Å². The number of hydrogen-bond donors (Lipinski definition) is 3. The number of unbranched alkanes of at least 4 members (excludes halogenated alkanes) is 2. The van der Waals surface area contributed by atoms with Crippen LogP contribution in [0.1, 0.15) is 125 Å². The van der Waals surface area contributed by atoms with Crippen LogP contribution in [-0.2, 0) is 23.8 Å². The second kappa shape index (κ2) is 23.6. The van der Waals surface area contributed by atoms with Crippen LogP contribution in [0.25, 0.3) is 0 Å². The van der Waals surface area contributed by atoms with Crippen molar-refractivity contribution in [3.05, 3.63) is 77.4 Å². The summed E-state index contributed by atoms with van der Waals surface area (Å²) in [5.41, 5.74) is 5.06. The Balaban J connectivity index is 1.41. The van der Waals surface area contributed by atoms with Crippen LogP contribution in [-0.4, -0.2) is 103 Å². The van der Waals surface area contributed by atoms with E-state index in [1.165, 1.54) is 18.4 Å². The summed E-state index contributed by atoms with van der Waals surface area (Å²) in [5.74, 6) is 0.810. The summed E-state index contributed by atoms with van der Waals surface area (Å²) in [6.07, 6.45) is 17.2. The van der Waals surface area contributed by atoms with Gasteiger partial charge in [-0.3, -0.25) is 4.79 Å². The molecule has 352 valence electrons. The standard InChI is InChI=1S/C52H74N2O10/c1-4-28-61-52-47(54(24-30-59-31-27-57)48(58)23-19-38-13-5-6-14-38)35-45(53-64-49-17-9-12-29-60-49)43-33-39(15-7-10-25-55)42(16-8-11-26-56)50(51(43)52)44-34-41(21-22-46(44)63-52)62-40-20-18-36(2)37(3)32-40/h4,18,20-22,32-34,38-39,42,47,49-51,55-57H,1,5-17,19,23-31,35H2,2-3H3/t39-,42+,47-,49?,50+,51+,52+/m0/s1. The second-order valence-corrected chi connectivity index (χ2v) is 18.6. The number of ether oxygens (including phenoxy) is 5. The molecule has 3 aliphatic carbocycles. The molecule has 5 aliphatic rings. The Morgan fingerprint density at radius 1 is 0.906 bits per heavy atom. The average molecular weight is 887 g/mol. The molecule has 7 atom stereocenters. The van der Waals surface area contributed by atoms with E-state index >= 15 is 0 Å². The molecule has 2 saturated carbocycles. The van der Waals surface area contributed by atoms with E-state index in [1.807, 2.05) is 23.1 Å². The third-order valence-electron chi connectivity index (χ3n) is 14.4. The van der Waals surface area contributed by atoms with Crippen molar-refractivity contribution >= 4 is 11.6 Å². The van der Waals surface area contributed by atoms with E-state index in [2.05, 4.69) is 44.7 Å². The van der Waals surface area contributed by atoms with Crippen LogP contribution in [0.5, 0.6) is 17.2 Å². The van der Waals surface area contributed by atoms with E-state index in [4.69, 9.17) is 33.7 Å². The first-order chi connectivity index (χ1) is 31.3. The van der Waals surface area contributed by atoms with E-state index in [-0.39, 0.29) is 69.8 Å². The molecular weight excluding hydrogens is 813 g/mol. The Kier molecular flexibility index (Phi) is 17.8. The summed E-state index contributed by atoms with van der Waals surface area (Å²) in [5, 5.41) is 34.7. The molecule has 0 spiro atoms. The highest BCUT2D eigenvalue weighted by atomic mass is 16.8. The van der Waals surface area contributed by atoms with Gasteiger partial charge < -0.3 is 48.7 Å². The number of carbonyl (C=O) groups is 1. The predicted octanol–water partition coefficient (Wildman–Crippen LogP) is 9.06. The van der Waals surface area contributed by atoms with E-state index < -0.39 is 24.0 Å². The lowest BCUT2D eigenvalue weighted by atomic mass is 9.55. The number of carbonyl (C=O) groups excluding carboxylic acids is 1. The highest BCUT2D eigenvalue weighted by molar-refractivity contribution is 6.03. The minimum Gasteiger partial charge on any atom is -0.459 e. The third-order valence-corrected chi connectivity index (χ3v) is 14.4. The van der Waals surface area contributed by atoms with Gasteiger partial charge in [0.1, 0.15) is 23.3 Å². The van der Waals surface area contributed by atoms with Crippen LogP contribution in [0.3, 0.4) is 0 Å². The molecule has 2 aromatic rings. The molecule has 64 heavy (non-hydrogen) atoms. The number of benzene rings is 2. The van der Waals surface area contributed by atoms with Gasteiger partial charge in [0.05, 0.1) is 44.7 Å². The molecule has 2 aliphatic heterocycles. The lowest BCUT2D eigenvalue weighted by Gasteiger charge is -2.60. The number of aryl methyl sites for hydroxylation is 2. The van der Waals surface area contributed by atoms with Crippen molar-refractivity contribution in [3.8, 4) is 17.2 Å². The number of aliphatic hydroxyl groups is 3. The first-order valence-corrected chi connectivity index (χ1v) is 24.4. The quantitative estimate of drug-likeness (QED) is 0.0530. The molecule has 12 nitrogen and oxygen atoms in total. The van der Waals surface area contributed by atoms with Gasteiger partial charge in [0.2, 0.25) is 18.0 Å². The van der Waals surface area contributed by atoms with E-state index in [9.17, 15) is 20.1 Å². The fraction of sp³-hybridized carbons (Fsp3) is 0.654. The van der Waals surface area contributed by atoms with Gasteiger partial charge >= 0.3 is 0 Å². The Morgan fingerprint density at radius 2 is 1.67 bits per heavy atom. The number of fused-ring (bicyclic) bond motifs is 2. The predicted molar refractivity (Wildman–Crippen MR) is 246 cm³/mol. The van der Waals surface area contributed by atoms with Gasteiger partial charge in [0.25, 0.3) is 0 Å². The largest absolute Gasteiger partial charge is 0.459 e. The Bertz CT molecular complexity index is 1890. The molecule has 0 bridgehead atoms. The van der Waals surface area contributed by atoms with Gasteiger partial charge in [-0.2, -0.15) is 0 Å². The number of nitrogens with zero attached hydrogens (tertiary/aromatic N) is 2. The molecule has 12 heteroatoms. The zero-order chi connectivity index (χ0) is 44.9. The van der Waals surface area contributed by atoms with Crippen molar-refractivity contribution in [1.82, 2.24) is 4.90 Å². The maximum atomic E-state index is 15.0. The zero-order valence-electron chi connectivity index (χ0n) is 38.4. The van der Waals surface area contributed by atoms with Gasteiger partial charge in [-0.1, -0.05) is 61.9 Å². The summed E-state index contributed by atoms with van der Waals surface area (Å²) in [6.45, 7) is 9.81. The summed E-state index contributed by atoms with van der Waals surface area (Å²) in [7, 11) is 0. The van der Waals surface area contributed by atoms with Crippen LogP contribution in [0.15, 0.2) is 65.9 Å². The number of hydrogen-bond acceptors (Lipinski definition) is 11. The minimum atomic E-state index is -1.38. The Hall–Kier alpha value is -3.78. The highest BCUT2D eigenvalue weighted by Crippen LogP contribution is 2.62. The van der Waals surface area contributed by atoms with Crippen LogP contribution in [0.4, 0.5) is 0 Å². The maximum absolute atomic E-state index is 15.0. The molecule has 2 heterocycles. The van der Waals surface area contributed by atoms with E-state index in [0.29, 0.717) is 49.7 Å². The van der Waals surface area contributed by atoms with Crippen LogP contribution in [0, 0.1) is 37.5 Å². The lowest BCUT2D eigenvalue weighted by molar-refractivity contribution is -0.258.